The van der Waals surface area contributed by atoms with Gasteiger partial charge in [-0.1, -0.05) is 0 Å². The Hall–Kier alpha value is -0.320. The van der Waals surface area contributed by atoms with Gasteiger partial charge >= 0.3 is 0 Å². The smallest absolute Gasteiger partial charge is 0.0244 e. The van der Waals surface area contributed by atoms with E-state index < -0.39 is 0 Å². The molecule has 46 heavy (non-hydrogen) atoms. The number of piperazine rings is 4. The number of hydrogen-bond donors (Lipinski definition) is 0. The zero-order valence-corrected chi connectivity index (χ0v) is 34.2. The first kappa shape index (κ1) is 41.8. The molecule has 5 aliphatic rings. The third-order valence-electron chi connectivity index (χ3n) is 11.2. The summed E-state index contributed by atoms with van der Waals surface area (Å²) in [5.74, 6) is 0. The predicted molar refractivity (Wildman–Crippen MR) is 202 cm³/mol. The van der Waals surface area contributed by atoms with Crippen molar-refractivity contribution in [2.45, 2.75) is 137 Å². The summed E-state index contributed by atoms with van der Waals surface area (Å²) in [6, 6.07) is 2.38. The second-order valence-corrected chi connectivity index (χ2v) is 19.2. The minimum atomic E-state index is 0.343. The number of likely N-dealkylation sites (N-methyl/N-ethyl adjacent to an activating group) is 4. The first-order valence-corrected chi connectivity index (χ1v) is 18.7. The summed E-state index contributed by atoms with van der Waals surface area (Å²) in [6.07, 6.45) is 1.40. The number of nitrogens with zero attached hydrogens (tertiary/aromatic N) is 8. The Morgan fingerprint density at radius 1 is 0.391 bits per heavy atom. The van der Waals surface area contributed by atoms with E-state index >= 15 is 0 Å². The van der Waals surface area contributed by atoms with Crippen LogP contribution in [0.4, 0.5) is 0 Å². The largest absolute Gasteiger partial charge is 0.304 e. The van der Waals surface area contributed by atoms with Crippen molar-refractivity contribution < 1.29 is 0 Å². The molecule has 3 unspecified atom stereocenters. The van der Waals surface area contributed by atoms with Gasteiger partial charge in [-0.2, -0.15) is 0 Å². The maximum atomic E-state index is 2.66. The van der Waals surface area contributed by atoms with Crippen LogP contribution in [0.2, 0.25) is 0 Å². The van der Waals surface area contributed by atoms with E-state index in [0.29, 0.717) is 28.2 Å². The lowest BCUT2D eigenvalue weighted by Gasteiger charge is -2.44. The van der Waals surface area contributed by atoms with E-state index in [1.165, 1.54) is 91.5 Å². The molecule has 5 fully saturated rings. The van der Waals surface area contributed by atoms with Crippen LogP contribution in [-0.4, -0.2) is 193 Å². The van der Waals surface area contributed by atoms with Gasteiger partial charge in [-0.3, -0.25) is 19.6 Å². The van der Waals surface area contributed by atoms with Gasteiger partial charge in [-0.25, -0.2) is 0 Å². The molecule has 0 saturated carbocycles. The lowest BCUT2D eigenvalue weighted by molar-refractivity contribution is 0.0415. The molecule has 0 aliphatic carbocycles. The number of rotatable bonds is 0. The SMILES string of the molecule is CC1CN(C(C)(C)C)CCN1C.CN1CC2CC1CN2C(C)(C)C.CN1CCN(C(C)(C)C)CC1.CN1CCN(C(C)(C)C)CC1. The second-order valence-electron chi connectivity index (χ2n) is 19.2. The van der Waals surface area contributed by atoms with Gasteiger partial charge in [0.1, 0.15) is 0 Å². The van der Waals surface area contributed by atoms with Crippen LogP contribution >= 0.6 is 0 Å². The molecule has 5 aliphatic heterocycles. The molecule has 0 aromatic carbocycles. The Bertz CT molecular complexity index is 816. The summed E-state index contributed by atoms with van der Waals surface area (Å²) < 4.78 is 0. The van der Waals surface area contributed by atoms with Gasteiger partial charge in [0.25, 0.3) is 0 Å². The molecule has 0 amide bonds. The van der Waals surface area contributed by atoms with Gasteiger partial charge in [0, 0.05) is 125 Å². The van der Waals surface area contributed by atoms with Crippen molar-refractivity contribution >= 4 is 0 Å². The van der Waals surface area contributed by atoms with E-state index in [1.54, 1.807) is 0 Å². The van der Waals surface area contributed by atoms with Crippen LogP contribution in [0.3, 0.4) is 0 Å². The van der Waals surface area contributed by atoms with Gasteiger partial charge < -0.3 is 19.6 Å². The molecule has 0 aromatic heterocycles. The Morgan fingerprint density at radius 2 is 0.783 bits per heavy atom. The van der Waals surface area contributed by atoms with E-state index in [4.69, 9.17) is 0 Å². The van der Waals surface area contributed by atoms with Gasteiger partial charge in [0.05, 0.1) is 0 Å². The third kappa shape index (κ3) is 13.5. The molecule has 2 bridgehead atoms. The summed E-state index contributed by atoms with van der Waals surface area (Å²) >= 11 is 0. The Balaban J connectivity index is 0.000000214. The van der Waals surface area contributed by atoms with Gasteiger partial charge in [-0.15, -0.1) is 0 Å². The topological polar surface area (TPSA) is 25.9 Å². The average molecular weight is 651 g/mol. The van der Waals surface area contributed by atoms with E-state index in [1.807, 2.05) is 0 Å². The molecule has 3 atom stereocenters. The maximum absolute atomic E-state index is 2.66. The summed E-state index contributed by atoms with van der Waals surface area (Å²) in [7, 11) is 8.86. The monoisotopic (exact) mass is 651 g/mol. The fraction of sp³-hybridized carbons (Fsp3) is 1.00. The molecule has 5 heterocycles. The standard InChI is InChI=1S/C10H20N2.C10H22N2.2C9H20N2/c1-10(2,3)12-7-8-5-9(12)6-11(8)4;1-9-8-12(10(2,3)4)7-6-11(9)5;2*1-9(2,3)11-7-5-10(4)6-8-11/h8-9H,5-7H2,1-4H3;9H,6-8H2,1-5H3;2*5-8H2,1-4H3. The van der Waals surface area contributed by atoms with Crippen molar-refractivity contribution in [3.05, 3.63) is 0 Å². The van der Waals surface area contributed by atoms with Crippen molar-refractivity contribution in [2.75, 3.05) is 113 Å². The summed E-state index contributed by atoms with van der Waals surface area (Å²) in [4.78, 5) is 20.1. The van der Waals surface area contributed by atoms with E-state index in [-0.39, 0.29) is 0 Å². The molecule has 8 heteroatoms. The lowest BCUT2D eigenvalue weighted by atomic mass is 10.0. The quantitative estimate of drug-likeness (QED) is 0.374. The average Bonchev–Trinajstić information content (AvgIpc) is 3.50. The highest BCUT2D eigenvalue weighted by Gasteiger charge is 2.45. The predicted octanol–water partition coefficient (Wildman–Crippen LogP) is 4.66. The molecule has 0 radical (unpaired) electrons. The Kier molecular flexibility index (Phi) is 15.5. The lowest BCUT2D eigenvalue weighted by Crippen LogP contribution is -2.56. The minimum absolute atomic E-state index is 0.343. The van der Waals surface area contributed by atoms with Crippen molar-refractivity contribution in [2.24, 2.45) is 0 Å². The molecule has 5 rings (SSSR count). The highest BCUT2D eigenvalue weighted by atomic mass is 15.4. The number of hydrogen-bond acceptors (Lipinski definition) is 8. The molecule has 0 aromatic rings. The fourth-order valence-corrected chi connectivity index (χ4v) is 7.30. The van der Waals surface area contributed by atoms with Gasteiger partial charge in [0.15, 0.2) is 0 Å². The van der Waals surface area contributed by atoms with Crippen LogP contribution in [0.5, 0.6) is 0 Å². The first-order valence-electron chi connectivity index (χ1n) is 18.7. The van der Waals surface area contributed by atoms with E-state index in [0.717, 1.165) is 12.1 Å². The van der Waals surface area contributed by atoms with E-state index in [9.17, 15) is 0 Å². The van der Waals surface area contributed by atoms with Gasteiger partial charge in [-0.05, 0) is 125 Å². The summed E-state index contributed by atoms with van der Waals surface area (Å²) in [5.41, 5.74) is 1.44. The molecule has 8 nitrogen and oxygen atoms in total. The fourth-order valence-electron chi connectivity index (χ4n) is 7.30. The Labute approximate surface area is 288 Å². The third-order valence-corrected chi connectivity index (χ3v) is 11.2. The van der Waals surface area contributed by atoms with Gasteiger partial charge in [0.2, 0.25) is 0 Å². The van der Waals surface area contributed by atoms with Crippen LogP contribution < -0.4 is 0 Å². The molecule has 0 spiro atoms. The van der Waals surface area contributed by atoms with Crippen LogP contribution in [0.25, 0.3) is 0 Å². The van der Waals surface area contributed by atoms with Crippen molar-refractivity contribution in [3.63, 3.8) is 0 Å². The van der Waals surface area contributed by atoms with Crippen LogP contribution in [0, 0.1) is 0 Å². The highest BCUT2D eigenvalue weighted by Crippen LogP contribution is 2.34. The summed E-state index contributed by atoms with van der Waals surface area (Å²) in [5, 5.41) is 0. The molecular weight excluding hydrogens is 568 g/mol. The highest BCUT2D eigenvalue weighted by molar-refractivity contribution is 5.02. The number of likely N-dealkylation sites (tertiary alicyclic amines) is 2. The summed E-state index contributed by atoms with van der Waals surface area (Å²) in [6.45, 7) is 45.9. The molecule has 274 valence electrons. The molecule has 5 saturated heterocycles. The Morgan fingerprint density at radius 3 is 1.07 bits per heavy atom. The first-order chi connectivity index (χ1) is 20.9. The van der Waals surface area contributed by atoms with Crippen molar-refractivity contribution in [3.8, 4) is 0 Å². The molecule has 0 N–H and O–H groups in total. The second kappa shape index (κ2) is 17.1. The normalized spacial score (nSPS) is 29.0. The van der Waals surface area contributed by atoms with Crippen LogP contribution in [-0.2, 0) is 0 Å². The van der Waals surface area contributed by atoms with Crippen LogP contribution in [0.1, 0.15) is 96.4 Å². The van der Waals surface area contributed by atoms with Crippen LogP contribution in [0.15, 0.2) is 0 Å². The maximum Gasteiger partial charge on any atom is 0.0244 e. The van der Waals surface area contributed by atoms with E-state index in [2.05, 4.69) is 157 Å². The van der Waals surface area contributed by atoms with Crippen molar-refractivity contribution in [1.29, 1.82) is 0 Å². The zero-order valence-electron chi connectivity index (χ0n) is 34.2. The minimum Gasteiger partial charge on any atom is -0.304 e. The zero-order chi connectivity index (χ0) is 35.3. The van der Waals surface area contributed by atoms with Crippen molar-refractivity contribution in [1.82, 2.24) is 39.2 Å². The number of fused-ring (bicyclic) bond motifs is 2. The molecular formula is C38H82N8.